The maximum Gasteiger partial charge on any atom is 0.319 e. The average molecular weight is 318 g/mol. The second-order valence-electron chi connectivity index (χ2n) is 4.84. The lowest BCUT2D eigenvalue weighted by atomic mass is 10.2. The number of benzene rings is 2. The first-order valence-electron chi connectivity index (χ1n) is 6.92. The van der Waals surface area contributed by atoms with Crippen LogP contribution in [0.3, 0.4) is 0 Å². The minimum absolute atomic E-state index is 0.122. The molecule has 0 aromatic heterocycles. The summed E-state index contributed by atoms with van der Waals surface area (Å²) in [5.74, 6) is 0.922. The molecule has 2 aromatic rings. The number of urea groups is 1. The molecule has 0 aliphatic carbocycles. The van der Waals surface area contributed by atoms with E-state index < -0.39 is 11.8 Å². The molecule has 0 saturated heterocycles. The average Bonchev–Trinajstić information content (AvgIpc) is 3.01. The monoisotopic (exact) mass is 318 g/mol. The summed E-state index contributed by atoms with van der Waals surface area (Å²) in [7, 11) is 1.38. The molecule has 6 nitrogen and oxygen atoms in total. The Labute approximate surface area is 132 Å². The largest absolute Gasteiger partial charge is 0.494 e. The quantitative estimate of drug-likeness (QED) is 0.909. The van der Waals surface area contributed by atoms with Crippen LogP contribution in [0.4, 0.5) is 14.9 Å². The van der Waals surface area contributed by atoms with Crippen LogP contribution in [0, 0.1) is 5.82 Å². The Balaban J connectivity index is 1.56. The number of carbonyl (C=O) groups excluding carboxylic acids is 1. The number of nitrogens with one attached hydrogen (secondary N) is 2. The van der Waals surface area contributed by atoms with E-state index in [2.05, 4.69) is 10.6 Å². The Morgan fingerprint density at radius 2 is 2.04 bits per heavy atom. The SMILES string of the molecule is COc1ccc(NC(=O)NCc2ccc3c(c2)OCO3)cc1F. The minimum atomic E-state index is -0.541. The molecule has 1 aliphatic rings. The summed E-state index contributed by atoms with van der Waals surface area (Å²) in [6.45, 7) is 0.511. The number of amides is 2. The topological polar surface area (TPSA) is 68.8 Å². The van der Waals surface area contributed by atoms with Crippen LogP contribution in [0.1, 0.15) is 5.56 Å². The van der Waals surface area contributed by atoms with Crippen LogP contribution in [-0.2, 0) is 6.54 Å². The van der Waals surface area contributed by atoms with Crippen molar-refractivity contribution in [1.82, 2.24) is 5.32 Å². The van der Waals surface area contributed by atoms with E-state index in [9.17, 15) is 9.18 Å². The molecule has 0 unspecified atom stereocenters. The minimum Gasteiger partial charge on any atom is -0.494 e. The predicted molar refractivity (Wildman–Crippen MR) is 81.4 cm³/mol. The van der Waals surface area contributed by atoms with Crippen molar-refractivity contribution in [3.05, 3.63) is 47.8 Å². The van der Waals surface area contributed by atoms with Gasteiger partial charge in [-0.05, 0) is 29.8 Å². The second kappa shape index (κ2) is 6.43. The maximum atomic E-state index is 13.6. The summed E-state index contributed by atoms with van der Waals surface area (Å²) in [5.41, 5.74) is 1.21. The maximum absolute atomic E-state index is 13.6. The zero-order valence-electron chi connectivity index (χ0n) is 12.4. The van der Waals surface area contributed by atoms with Gasteiger partial charge in [0.2, 0.25) is 6.79 Å². The van der Waals surface area contributed by atoms with Crippen molar-refractivity contribution in [2.24, 2.45) is 0 Å². The predicted octanol–water partition coefficient (Wildman–Crippen LogP) is 2.88. The fourth-order valence-electron chi connectivity index (χ4n) is 2.15. The van der Waals surface area contributed by atoms with E-state index in [4.69, 9.17) is 14.2 Å². The van der Waals surface area contributed by atoms with Crippen LogP contribution >= 0.6 is 0 Å². The number of carbonyl (C=O) groups is 1. The van der Waals surface area contributed by atoms with Gasteiger partial charge in [-0.15, -0.1) is 0 Å². The molecule has 1 aliphatic heterocycles. The fourth-order valence-corrected chi connectivity index (χ4v) is 2.15. The normalized spacial score (nSPS) is 11.9. The van der Waals surface area contributed by atoms with Crippen LogP contribution in [0.15, 0.2) is 36.4 Å². The number of hydrogen-bond acceptors (Lipinski definition) is 4. The van der Waals surface area contributed by atoms with Gasteiger partial charge in [0.05, 0.1) is 7.11 Å². The molecule has 0 saturated carbocycles. The third-order valence-electron chi connectivity index (χ3n) is 3.30. The molecule has 23 heavy (non-hydrogen) atoms. The van der Waals surface area contributed by atoms with Crippen molar-refractivity contribution in [2.75, 3.05) is 19.2 Å². The number of hydrogen-bond donors (Lipinski definition) is 2. The van der Waals surface area contributed by atoms with Crippen LogP contribution < -0.4 is 24.8 Å². The van der Waals surface area contributed by atoms with Crippen molar-refractivity contribution in [3.8, 4) is 17.2 Å². The van der Waals surface area contributed by atoms with E-state index in [0.29, 0.717) is 23.7 Å². The first kappa shape index (κ1) is 15.0. The van der Waals surface area contributed by atoms with Crippen molar-refractivity contribution >= 4 is 11.7 Å². The van der Waals surface area contributed by atoms with E-state index in [1.807, 2.05) is 6.07 Å². The van der Waals surface area contributed by atoms with E-state index >= 15 is 0 Å². The van der Waals surface area contributed by atoms with Gasteiger partial charge < -0.3 is 24.8 Å². The number of ether oxygens (including phenoxy) is 3. The van der Waals surface area contributed by atoms with Gasteiger partial charge in [0.15, 0.2) is 23.1 Å². The number of anilines is 1. The van der Waals surface area contributed by atoms with Crippen LogP contribution in [0.2, 0.25) is 0 Å². The highest BCUT2D eigenvalue weighted by molar-refractivity contribution is 5.89. The molecule has 1 heterocycles. The van der Waals surface area contributed by atoms with Gasteiger partial charge in [0.25, 0.3) is 0 Å². The Kier molecular flexibility index (Phi) is 4.18. The molecule has 0 fully saturated rings. The van der Waals surface area contributed by atoms with Gasteiger partial charge in [0, 0.05) is 18.3 Å². The van der Waals surface area contributed by atoms with Crippen LogP contribution in [-0.4, -0.2) is 19.9 Å². The van der Waals surface area contributed by atoms with E-state index in [1.165, 1.54) is 19.2 Å². The Morgan fingerprint density at radius 1 is 1.22 bits per heavy atom. The number of methoxy groups -OCH3 is 1. The third-order valence-corrected chi connectivity index (χ3v) is 3.30. The molecule has 0 spiro atoms. The molecule has 0 radical (unpaired) electrons. The van der Waals surface area contributed by atoms with Crippen molar-refractivity contribution < 1.29 is 23.4 Å². The summed E-state index contributed by atoms with van der Waals surface area (Å²) < 4.78 is 28.9. The first-order chi connectivity index (χ1) is 11.2. The van der Waals surface area contributed by atoms with Crippen molar-refractivity contribution in [3.63, 3.8) is 0 Å². The van der Waals surface area contributed by atoms with Gasteiger partial charge in [-0.2, -0.15) is 0 Å². The Morgan fingerprint density at radius 3 is 2.83 bits per heavy atom. The number of rotatable bonds is 4. The Bertz CT molecular complexity index is 736. The molecule has 2 amide bonds. The highest BCUT2D eigenvalue weighted by atomic mass is 19.1. The van der Waals surface area contributed by atoms with Gasteiger partial charge in [0.1, 0.15) is 0 Å². The molecule has 7 heteroatoms. The standard InChI is InChI=1S/C16H15FN2O4/c1-21-13-5-3-11(7-12(13)17)19-16(20)18-8-10-2-4-14-15(6-10)23-9-22-14/h2-7H,8-9H2,1H3,(H2,18,19,20). The lowest BCUT2D eigenvalue weighted by molar-refractivity contribution is 0.174. The highest BCUT2D eigenvalue weighted by Crippen LogP contribution is 2.32. The van der Waals surface area contributed by atoms with Gasteiger partial charge in [-0.1, -0.05) is 6.07 Å². The summed E-state index contributed by atoms with van der Waals surface area (Å²) in [4.78, 5) is 11.9. The molecular weight excluding hydrogens is 303 g/mol. The lowest BCUT2D eigenvalue weighted by Crippen LogP contribution is -2.28. The van der Waals surface area contributed by atoms with Gasteiger partial charge >= 0.3 is 6.03 Å². The molecule has 2 N–H and O–H groups in total. The summed E-state index contributed by atoms with van der Waals surface area (Å²) >= 11 is 0. The molecule has 2 aromatic carbocycles. The van der Waals surface area contributed by atoms with Crippen molar-refractivity contribution in [1.29, 1.82) is 0 Å². The van der Waals surface area contributed by atoms with E-state index in [0.717, 1.165) is 5.56 Å². The summed E-state index contributed by atoms with van der Waals surface area (Å²) in [6, 6.07) is 9.18. The number of fused-ring (bicyclic) bond motifs is 1. The molecule has 0 bridgehead atoms. The highest BCUT2D eigenvalue weighted by Gasteiger charge is 2.13. The first-order valence-corrected chi connectivity index (χ1v) is 6.92. The van der Waals surface area contributed by atoms with Crippen LogP contribution in [0.25, 0.3) is 0 Å². The van der Waals surface area contributed by atoms with E-state index in [1.54, 1.807) is 18.2 Å². The number of halogens is 1. The smallest absolute Gasteiger partial charge is 0.319 e. The zero-order chi connectivity index (χ0) is 16.2. The molecule has 3 rings (SSSR count). The second-order valence-corrected chi connectivity index (χ2v) is 4.84. The zero-order valence-corrected chi connectivity index (χ0v) is 12.4. The summed E-state index contributed by atoms with van der Waals surface area (Å²) in [6.07, 6.45) is 0. The van der Waals surface area contributed by atoms with Crippen LogP contribution in [0.5, 0.6) is 17.2 Å². The van der Waals surface area contributed by atoms with E-state index in [-0.39, 0.29) is 12.5 Å². The molecule has 120 valence electrons. The third kappa shape index (κ3) is 3.45. The molecule has 0 atom stereocenters. The lowest BCUT2D eigenvalue weighted by Gasteiger charge is -2.09. The van der Waals surface area contributed by atoms with Gasteiger partial charge in [-0.3, -0.25) is 0 Å². The fraction of sp³-hybridized carbons (Fsp3) is 0.188. The molecular formula is C16H15FN2O4. The van der Waals surface area contributed by atoms with Crippen molar-refractivity contribution in [2.45, 2.75) is 6.54 Å². The summed E-state index contributed by atoms with van der Waals surface area (Å²) in [5, 5.41) is 5.24. The Hall–Kier alpha value is -2.96. The van der Waals surface area contributed by atoms with Gasteiger partial charge in [-0.25, -0.2) is 9.18 Å².